The third kappa shape index (κ3) is 6.69. The van der Waals surface area contributed by atoms with Gasteiger partial charge in [0, 0.05) is 6.54 Å². The molecule has 30 heavy (non-hydrogen) atoms. The van der Waals surface area contributed by atoms with Gasteiger partial charge in [0.25, 0.3) is 0 Å². The first kappa shape index (κ1) is 23.6. The number of nitrogens with two attached hydrogens (primary N) is 1. The Morgan fingerprint density at radius 1 is 1.33 bits per heavy atom. The molecule has 0 aliphatic rings. The number of esters is 1. The summed E-state index contributed by atoms with van der Waals surface area (Å²) < 4.78 is 10.4. The number of nitrogens with zero attached hydrogens (tertiary/aromatic N) is 4. The van der Waals surface area contributed by atoms with Gasteiger partial charge < -0.3 is 20.1 Å². The van der Waals surface area contributed by atoms with Crippen LogP contribution >= 0.6 is 15.9 Å². The van der Waals surface area contributed by atoms with Gasteiger partial charge in [-0.05, 0) is 30.7 Å². The van der Waals surface area contributed by atoms with Crippen LogP contribution in [0.25, 0.3) is 0 Å². The number of alkyl halides is 1. The number of halogens is 1. The lowest BCUT2D eigenvalue weighted by atomic mass is 10.1. The van der Waals surface area contributed by atoms with Crippen molar-refractivity contribution in [2.75, 3.05) is 36.3 Å². The van der Waals surface area contributed by atoms with Gasteiger partial charge in [0.2, 0.25) is 0 Å². The van der Waals surface area contributed by atoms with Crippen LogP contribution in [0.3, 0.4) is 0 Å². The number of hydrogen-bond acceptors (Lipinski definition) is 8. The highest BCUT2D eigenvalue weighted by Crippen LogP contribution is 2.33. The minimum Gasteiger partial charge on any atom is -0.469 e. The molecule has 9 heteroatoms. The standard InChI is InChI=1S/C21H28BrN5O3/c1-4-5-11-30-21-25-19(23)18(24-2)20(26-21)27(14-22)10-9-15-7-6-8-16(12-15)13-17(28)29-3/h6-8,12H,2,4-5,9-11,13-14H2,1,3H3,(H2,23,25,26). The van der Waals surface area contributed by atoms with Gasteiger partial charge in [-0.2, -0.15) is 9.97 Å². The van der Waals surface area contributed by atoms with Crippen LogP contribution in [0.4, 0.5) is 17.3 Å². The molecular weight excluding hydrogens is 450 g/mol. The zero-order chi connectivity index (χ0) is 21.9. The summed E-state index contributed by atoms with van der Waals surface area (Å²) in [5.41, 5.74) is 9.02. The molecule has 2 N–H and O–H groups in total. The van der Waals surface area contributed by atoms with Gasteiger partial charge >= 0.3 is 12.0 Å². The van der Waals surface area contributed by atoms with Crippen molar-refractivity contribution in [3.05, 3.63) is 35.4 Å². The zero-order valence-corrected chi connectivity index (χ0v) is 19.0. The first-order valence-electron chi connectivity index (χ1n) is 9.74. The van der Waals surface area contributed by atoms with E-state index in [0.29, 0.717) is 30.1 Å². The number of nitrogen functional groups attached to an aromatic ring is 1. The molecule has 162 valence electrons. The molecule has 0 radical (unpaired) electrons. The minimum atomic E-state index is -0.261. The Hall–Kier alpha value is -2.68. The number of carbonyl (C=O) groups excluding carboxylic acids is 1. The molecule has 1 aromatic carbocycles. The van der Waals surface area contributed by atoms with E-state index in [2.05, 4.69) is 44.5 Å². The summed E-state index contributed by atoms with van der Waals surface area (Å²) in [6, 6.07) is 8.10. The third-order valence-corrected chi connectivity index (χ3v) is 5.05. The second kappa shape index (κ2) is 12.1. The number of aromatic nitrogens is 2. The lowest BCUT2D eigenvalue weighted by molar-refractivity contribution is -0.139. The number of benzene rings is 1. The molecule has 0 saturated heterocycles. The second-order valence-corrected chi connectivity index (χ2v) is 7.13. The maximum Gasteiger partial charge on any atom is 0.320 e. The highest BCUT2D eigenvalue weighted by atomic mass is 79.9. The van der Waals surface area contributed by atoms with Gasteiger partial charge in [-0.25, -0.2) is 0 Å². The molecule has 0 atom stereocenters. The molecule has 1 aromatic heterocycles. The average Bonchev–Trinajstić information content (AvgIpc) is 2.74. The molecule has 0 aliphatic heterocycles. The van der Waals surface area contributed by atoms with Crippen LogP contribution in [0, 0.1) is 0 Å². The maximum atomic E-state index is 11.5. The maximum absolute atomic E-state index is 11.5. The van der Waals surface area contributed by atoms with E-state index in [9.17, 15) is 4.79 Å². The van der Waals surface area contributed by atoms with Crippen molar-refractivity contribution >= 4 is 45.9 Å². The van der Waals surface area contributed by atoms with E-state index in [1.165, 1.54) is 7.11 Å². The molecule has 2 rings (SSSR count). The third-order valence-electron chi connectivity index (χ3n) is 4.44. The van der Waals surface area contributed by atoms with E-state index in [4.69, 9.17) is 15.2 Å². The van der Waals surface area contributed by atoms with Gasteiger partial charge in [0.15, 0.2) is 11.6 Å². The lowest BCUT2D eigenvalue weighted by Crippen LogP contribution is -2.26. The quantitative estimate of drug-likeness (QED) is 0.163. The predicted molar refractivity (Wildman–Crippen MR) is 123 cm³/mol. The Morgan fingerprint density at radius 3 is 2.77 bits per heavy atom. The molecule has 1 heterocycles. The van der Waals surface area contributed by atoms with Crippen LogP contribution in [-0.4, -0.2) is 48.4 Å². The molecule has 0 bridgehead atoms. The van der Waals surface area contributed by atoms with Crippen LogP contribution in [0.2, 0.25) is 0 Å². The molecule has 8 nitrogen and oxygen atoms in total. The van der Waals surface area contributed by atoms with Crippen molar-refractivity contribution in [1.82, 2.24) is 9.97 Å². The lowest BCUT2D eigenvalue weighted by Gasteiger charge is -2.23. The topological polar surface area (TPSA) is 103 Å². The number of methoxy groups -OCH3 is 1. The fourth-order valence-corrected chi connectivity index (χ4v) is 3.29. The number of aliphatic imine (C=N–C) groups is 1. The predicted octanol–water partition coefficient (Wildman–Crippen LogP) is 3.69. The first-order valence-corrected chi connectivity index (χ1v) is 10.9. The van der Waals surface area contributed by atoms with Gasteiger partial charge in [0.05, 0.1) is 25.6 Å². The Labute approximate surface area is 185 Å². The Kier molecular flexibility index (Phi) is 9.53. The van der Waals surface area contributed by atoms with Gasteiger partial charge in [-0.15, -0.1) is 0 Å². The van der Waals surface area contributed by atoms with Crippen molar-refractivity contribution in [1.29, 1.82) is 0 Å². The van der Waals surface area contributed by atoms with E-state index < -0.39 is 0 Å². The zero-order valence-electron chi connectivity index (χ0n) is 17.4. The summed E-state index contributed by atoms with van der Waals surface area (Å²) in [6.07, 6.45) is 2.90. The number of unbranched alkanes of at least 4 members (excludes halogenated alkanes) is 1. The summed E-state index contributed by atoms with van der Waals surface area (Å²) in [4.78, 5) is 26.2. The monoisotopic (exact) mass is 477 g/mol. The van der Waals surface area contributed by atoms with Crippen LogP contribution in [0.5, 0.6) is 6.01 Å². The van der Waals surface area contributed by atoms with Crippen LogP contribution in [-0.2, 0) is 22.4 Å². The van der Waals surface area contributed by atoms with Gasteiger partial charge in [0.1, 0.15) is 5.69 Å². The number of anilines is 2. The van der Waals surface area contributed by atoms with Crippen LogP contribution < -0.4 is 15.4 Å². The molecular formula is C21H28BrN5O3. The van der Waals surface area contributed by atoms with E-state index in [0.717, 1.165) is 30.4 Å². The second-order valence-electron chi connectivity index (χ2n) is 6.63. The normalized spacial score (nSPS) is 10.5. The molecule has 2 aromatic rings. The largest absolute Gasteiger partial charge is 0.469 e. The van der Waals surface area contributed by atoms with Crippen LogP contribution in [0.15, 0.2) is 29.3 Å². The minimum absolute atomic E-state index is 0.229. The van der Waals surface area contributed by atoms with Gasteiger partial charge in [-0.3, -0.25) is 9.79 Å². The van der Waals surface area contributed by atoms with Crippen molar-refractivity contribution in [3.63, 3.8) is 0 Å². The van der Waals surface area contributed by atoms with Crippen molar-refractivity contribution in [2.24, 2.45) is 4.99 Å². The molecule has 0 spiro atoms. The number of ether oxygens (including phenoxy) is 2. The smallest absolute Gasteiger partial charge is 0.320 e. The average molecular weight is 478 g/mol. The fourth-order valence-electron chi connectivity index (χ4n) is 2.80. The highest BCUT2D eigenvalue weighted by molar-refractivity contribution is 9.09. The Morgan fingerprint density at radius 2 is 2.10 bits per heavy atom. The van der Waals surface area contributed by atoms with Crippen molar-refractivity contribution in [3.8, 4) is 6.01 Å². The van der Waals surface area contributed by atoms with E-state index in [1.807, 2.05) is 29.2 Å². The van der Waals surface area contributed by atoms with Gasteiger partial charge in [-0.1, -0.05) is 53.5 Å². The Bertz CT molecular complexity index is 863. The molecule has 0 saturated carbocycles. The molecule has 0 aliphatic carbocycles. The Balaban J connectivity index is 2.18. The number of rotatable bonds is 12. The van der Waals surface area contributed by atoms with Crippen molar-refractivity contribution in [2.45, 2.75) is 32.6 Å². The summed E-state index contributed by atoms with van der Waals surface area (Å²) in [7, 11) is 1.39. The highest BCUT2D eigenvalue weighted by Gasteiger charge is 2.18. The number of carbonyl (C=O) groups is 1. The summed E-state index contributed by atoms with van der Waals surface area (Å²) in [5.74, 6) is 0.530. The first-order chi connectivity index (χ1) is 14.5. The summed E-state index contributed by atoms with van der Waals surface area (Å²) in [6.45, 7) is 6.85. The molecule has 0 amide bonds. The number of hydrogen-bond donors (Lipinski definition) is 1. The molecule has 0 fully saturated rings. The SMILES string of the molecule is C=Nc1c(N)nc(OCCCC)nc1N(CBr)CCc1cccc(CC(=O)OC)c1. The summed E-state index contributed by atoms with van der Waals surface area (Å²) >= 11 is 3.52. The van der Waals surface area contributed by atoms with E-state index in [-0.39, 0.29) is 24.2 Å². The molecule has 0 unspecified atom stereocenters. The van der Waals surface area contributed by atoms with Crippen LogP contribution in [0.1, 0.15) is 30.9 Å². The summed E-state index contributed by atoms with van der Waals surface area (Å²) in [5, 5.41) is 0. The van der Waals surface area contributed by atoms with E-state index >= 15 is 0 Å². The van der Waals surface area contributed by atoms with E-state index in [1.54, 1.807) is 0 Å². The fraction of sp³-hybridized carbons (Fsp3) is 0.429. The van der Waals surface area contributed by atoms with Crippen molar-refractivity contribution < 1.29 is 14.3 Å².